The van der Waals surface area contributed by atoms with Gasteiger partial charge < -0.3 is 4.90 Å². The molecule has 0 bridgehead atoms. The Labute approximate surface area is 173 Å². The van der Waals surface area contributed by atoms with E-state index in [9.17, 15) is 35.2 Å². The molecule has 30 heavy (non-hydrogen) atoms. The molecule has 1 fully saturated rings. The summed E-state index contributed by atoms with van der Waals surface area (Å²) in [6, 6.07) is 4.32. The van der Waals surface area contributed by atoms with Crippen molar-refractivity contribution in [3.05, 3.63) is 64.2 Å². The highest BCUT2D eigenvalue weighted by Gasteiger charge is 2.36. The molecule has 0 spiro atoms. The van der Waals surface area contributed by atoms with Crippen molar-refractivity contribution in [2.75, 3.05) is 26.2 Å². The lowest BCUT2D eigenvalue weighted by molar-refractivity contribution is -0.137. The van der Waals surface area contributed by atoms with Crippen molar-refractivity contribution in [3.8, 4) is 0 Å². The fourth-order valence-corrected chi connectivity index (χ4v) is 4.93. The molecule has 2 aromatic rings. The molecule has 0 aromatic heterocycles. The number of halogens is 6. The minimum atomic E-state index is -4.75. The maximum absolute atomic E-state index is 13.3. The summed E-state index contributed by atoms with van der Waals surface area (Å²) >= 11 is 5.83. The van der Waals surface area contributed by atoms with Gasteiger partial charge in [-0.05, 0) is 30.3 Å². The molecule has 1 aliphatic heterocycles. The van der Waals surface area contributed by atoms with Crippen LogP contribution in [0.15, 0.2) is 41.3 Å². The Balaban J connectivity index is 1.78. The number of carbonyl (C=O) groups excluding carboxylic acids is 1. The molecule has 1 aliphatic rings. The topological polar surface area (TPSA) is 57.7 Å². The molecule has 0 aliphatic carbocycles. The van der Waals surface area contributed by atoms with Crippen LogP contribution in [0.25, 0.3) is 0 Å². The number of benzene rings is 2. The molecule has 2 aromatic carbocycles. The standard InChI is InChI=1S/C18H14ClF5N2O3S/c19-15-2-1-12(18(22,23)24)9-16(15)30(28,29)26-5-3-25(4-6-26)17(27)11-7-13(20)10-14(21)8-11/h1-2,7-10H,3-6H2. The Kier molecular flexibility index (Phi) is 6.08. The molecule has 12 heteroatoms. The number of piperazine rings is 1. The predicted molar refractivity (Wildman–Crippen MR) is 97.5 cm³/mol. The maximum atomic E-state index is 13.3. The second-order valence-corrected chi connectivity index (χ2v) is 8.81. The van der Waals surface area contributed by atoms with Gasteiger partial charge in [0.05, 0.1) is 10.6 Å². The van der Waals surface area contributed by atoms with Crippen LogP contribution < -0.4 is 0 Å². The minimum Gasteiger partial charge on any atom is -0.336 e. The van der Waals surface area contributed by atoms with Crippen LogP contribution >= 0.6 is 11.6 Å². The van der Waals surface area contributed by atoms with Crippen molar-refractivity contribution in [1.82, 2.24) is 9.21 Å². The average molecular weight is 469 g/mol. The third-order valence-corrected chi connectivity index (χ3v) is 6.89. The Hall–Kier alpha value is -2.24. The molecular formula is C18H14ClF5N2O3S. The zero-order chi connectivity index (χ0) is 22.3. The maximum Gasteiger partial charge on any atom is 0.416 e. The van der Waals surface area contributed by atoms with Gasteiger partial charge in [0.15, 0.2) is 0 Å². The molecule has 1 saturated heterocycles. The van der Waals surface area contributed by atoms with Gasteiger partial charge in [0, 0.05) is 37.8 Å². The van der Waals surface area contributed by atoms with E-state index in [1.807, 2.05) is 0 Å². The molecular weight excluding hydrogens is 455 g/mol. The quantitative estimate of drug-likeness (QED) is 0.644. The molecule has 0 radical (unpaired) electrons. The minimum absolute atomic E-state index is 0.118. The first kappa shape index (κ1) is 22.4. The summed E-state index contributed by atoms with van der Waals surface area (Å²) in [4.78, 5) is 12.9. The van der Waals surface area contributed by atoms with Gasteiger partial charge in [-0.3, -0.25) is 4.79 Å². The van der Waals surface area contributed by atoms with E-state index in [0.717, 1.165) is 22.5 Å². The van der Waals surface area contributed by atoms with Crippen molar-refractivity contribution in [3.63, 3.8) is 0 Å². The molecule has 162 valence electrons. The summed E-state index contributed by atoms with van der Waals surface area (Å²) in [6.07, 6.45) is -4.75. The van der Waals surface area contributed by atoms with Gasteiger partial charge in [-0.25, -0.2) is 17.2 Å². The number of amides is 1. The van der Waals surface area contributed by atoms with E-state index >= 15 is 0 Å². The third kappa shape index (κ3) is 4.57. The number of rotatable bonds is 3. The van der Waals surface area contributed by atoms with E-state index in [1.165, 1.54) is 4.90 Å². The molecule has 0 saturated carbocycles. The van der Waals surface area contributed by atoms with Crippen LogP contribution in [0.5, 0.6) is 0 Å². The average Bonchev–Trinajstić information content (AvgIpc) is 2.66. The van der Waals surface area contributed by atoms with E-state index in [1.54, 1.807) is 0 Å². The van der Waals surface area contributed by atoms with Crippen molar-refractivity contribution in [1.29, 1.82) is 0 Å². The zero-order valence-electron chi connectivity index (χ0n) is 15.1. The number of alkyl halides is 3. The van der Waals surface area contributed by atoms with Gasteiger partial charge in [-0.1, -0.05) is 11.6 Å². The van der Waals surface area contributed by atoms with Crippen LogP contribution in [0.2, 0.25) is 5.02 Å². The Bertz CT molecular complexity index is 1060. The predicted octanol–water partition coefficient (Wildman–Crippen LogP) is 3.78. The lowest BCUT2D eigenvalue weighted by Crippen LogP contribution is -2.50. The monoisotopic (exact) mass is 468 g/mol. The normalized spacial score (nSPS) is 16.0. The van der Waals surface area contributed by atoms with Crippen LogP contribution in [0, 0.1) is 11.6 Å². The van der Waals surface area contributed by atoms with Crippen molar-refractivity contribution in [2.24, 2.45) is 0 Å². The largest absolute Gasteiger partial charge is 0.416 e. The first-order chi connectivity index (χ1) is 13.9. The SMILES string of the molecule is O=C(c1cc(F)cc(F)c1)N1CCN(S(=O)(=O)c2cc(C(F)(F)F)ccc2Cl)CC1. The summed E-state index contributed by atoms with van der Waals surface area (Å²) in [6.45, 7) is -0.684. The van der Waals surface area contributed by atoms with E-state index < -0.39 is 44.2 Å². The van der Waals surface area contributed by atoms with Crippen LogP contribution in [0.1, 0.15) is 15.9 Å². The van der Waals surface area contributed by atoms with Crippen LogP contribution in [-0.2, 0) is 16.2 Å². The lowest BCUT2D eigenvalue weighted by Gasteiger charge is -2.34. The van der Waals surface area contributed by atoms with Crippen molar-refractivity contribution >= 4 is 27.5 Å². The number of carbonyl (C=O) groups is 1. The fraction of sp³-hybridized carbons (Fsp3) is 0.278. The lowest BCUT2D eigenvalue weighted by atomic mass is 10.1. The van der Waals surface area contributed by atoms with Crippen LogP contribution in [-0.4, -0.2) is 49.7 Å². The summed E-state index contributed by atoms with van der Waals surface area (Å²) in [5, 5.41) is -0.364. The van der Waals surface area contributed by atoms with Crippen LogP contribution in [0.4, 0.5) is 22.0 Å². The van der Waals surface area contributed by atoms with Gasteiger partial charge >= 0.3 is 6.18 Å². The van der Waals surface area contributed by atoms with E-state index in [2.05, 4.69) is 0 Å². The molecule has 3 rings (SSSR count). The Morgan fingerprint density at radius 2 is 1.50 bits per heavy atom. The van der Waals surface area contributed by atoms with Gasteiger partial charge in [-0.2, -0.15) is 17.5 Å². The Morgan fingerprint density at radius 1 is 0.933 bits per heavy atom. The number of hydrogen-bond donors (Lipinski definition) is 0. The molecule has 0 atom stereocenters. The van der Waals surface area contributed by atoms with Gasteiger partial charge in [0.25, 0.3) is 5.91 Å². The summed E-state index contributed by atoms with van der Waals surface area (Å²) < 4.78 is 92.0. The van der Waals surface area contributed by atoms with E-state index in [4.69, 9.17) is 11.6 Å². The summed E-state index contributed by atoms with van der Waals surface area (Å²) in [7, 11) is -4.36. The Morgan fingerprint density at radius 3 is 2.03 bits per heavy atom. The summed E-state index contributed by atoms with van der Waals surface area (Å²) in [5.74, 6) is -2.56. The number of nitrogens with zero attached hydrogens (tertiary/aromatic N) is 2. The van der Waals surface area contributed by atoms with E-state index in [-0.39, 0.29) is 36.8 Å². The summed E-state index contributed by atoms with van der Waals surface area (Å²) in [5.41, 5.74) is -1.39. The smallest absolute Gasteiger partial charge is 0.336 e. The number of sulfonamides is 1. The first-order valence-corrected chi connectivity index (χ1v) is 10.3. The van der Waals surface area contributed by atoms with Gasteiger partial charge in [-0.15, -0.1) is 0 Å². The van der Waals surface area contributed by atoms with Gasteiger partial charge in [0.2, 0.25) is 10.0 Å². The molecule has 0 unspecified atom stereocenters. The van der Waals surface area contributed by atoms with Crippen molar-refractivity contribution in [2.45, 2.75) is 11.1 Å². The van der Waals surface area contributed by atoms with Crippen molar-refractivity contribution < 1.29 is 35.2 Å². The van der Waals surface area contributed by atoms with Crippen LogP contribution in [0.3, 0.4) is 0 Å². The first-order valence-electron chi connectivity index (χ1n) is 8.52. The number of hydrogen-bond acceptors (Lipinski definition) is 3. The zero-order valence-corrected chi connectivity index (χ0v) is 16.7. The fourth-order valence-electron chi connectivity index (χ4n) is 3.01. The molecule has 1 heterocycles. The highest BCUT2D eigenvalue weighted by Crippen LogP contribution is 2.34. The molecule has 0 N–H and O–H groups in total. The highest BCUT2D eigenvalue weighted by atomic mass is 35.5. The molecule has 1 amide bonds. The van der Waals surface area contributed by atoms with Gasteiger partial charge in [0.1, 0.15) is 16.5 Å². The second-order valence-electron chi connectivity index (χ2n) is 6.50. The molecule has 5 nitrogen and oxygen atoms in total. The second kappa shape index (κ2) is 8.12. The highest BCUT2D eigenvalue weighted by molar-refractivity contribution is 7.89. The third-order valence-electron chi connectivity index (χ3n) is 4.51. The van der Waals surface area contributed by atoms with E-state index in [0.29, 0.717) is 18.2 Å².